The van der Waals surface area contributed by atoms with Crippen molar-refractivity contribution >= 4 is 36.2 Å². The summed E-state index contributed by atoms with van der Waals surface area (Å²) in [6, 6.07) is 22.5. The van der Waals surface area contributed by atoms with Crippen molar-refractivity contribution in [1.29, 1.82) is 0 Å². The summed E-state index contributed by atoms with van der Waals surface area (Å²) in [6.45, 7) is 0. The van der Waals surface area contributed by atoms with E-state index in [0.717, 1.165) is 0 Å². The molecule has 14 nitrogen and oxygen atoms in total. The van der Waals surface area contributed by atoms with E-state index in [0.29, 0.717) is 56.8 Å². The van der Waals surface area contributed by atoms with E-state index in [1.54, 1.807) is 72.8 Å². The third kappa shape index (κ3) is 11.2. The van der Waals surface area contributed by atoms with Crippen LogP contribution >= 0.6 is 0 Å². The zero-order valence-corrected chi connectivity index (χ0v) is 28.3. The Hall–Kier alpha value is -6.70. The SMILES string of the molecule is COc1ccc(C(=O)Oc2ccc(/C=N\NC(=O)CCCC(=O)N/N=C/c3ccc(OC(=O)c4ccc(OC)c(OC)c4)cc3)cc2)cc1OC. The minimum absolute atomic E-state index is 0.0724. The van der Waals surface area contributed by atoms with Crippen molar-refractivity contribution in [3.05, 3.63) is 107 Å². The van der Waals surface area contributed by atoms with Crippen LogP contribution in [-0.2, 0) is 9.59 Å². The van der Waals surface area contributed by atoms with Gasteiger partial charge in [0.1, 0.15) is 11.5 Å². The highest BCUT2D eigenvalue weighted by atomic mass is 16.5. The number of hydrogen-bond acceptors (Lipinski definition) is 12. The van der Waals surface area contributed by atoms with E-state index in [1.165, 1.54) is 53.0 Å². The second-order valence-corrected chi connectivity index (χ2v) is 10.5. The van der Waals surface area contributed by atoms with Gasteiger partial charge < -0.3 is 28.4 Å². The van der Waals surface area contributed by atoms with Gasteiger partial charge in [-0.15, -0.1) is 0 Å². The number of methoxy groups -OCH3 is 4. The molecule has 0 aliphatic rings. The number of ether oxygens (including phenoxy) is 6. The zero-order valence-electron chi connectivity index (χ0n) is 28.3. The van der Waals surface area contributed by atoms with Gasteiger partial charge in [0.25, 0.3) is 0 Å². The summed E-state index contributed by atoms with van der Waals surface area (Å²) in [5.41, 5.74) is 6.73. The summed E-state index contributed by atoms with van der Waals surface area (Å²) in [4.78, 5) is 49.3. The Bertz CT molecular complexity index is 1750. The Morgan fingerprint density at radius 3 is 1.25 bits per heavy atom. The number of benzene rings is 4. The maximum absolute atomic E-state index is 12.5. The van der Waals surface area contributed by atoms with Gasteiger partial charge in [0.15, 0.2) is 23.0 Å². The van der Waals surface area contributed by atoms with Crippen molar-refractivity contribution in [2.24, 2.45) is 10.2 Å². The first-order valence-electron chi connectivity index (χ1n) is 15.4. The number of rotatable bonds is 16. The molecule has 2 amide bonds. The number of nitrogens with zero attached hydrogens (tertiary/aromatic N) is 2. The van der Waals surface area contributed by atoms with Crippen molar-refractivity contribution in [2.75, 3.05) is 28.4 Å². The molecular formula is C37H36N4O10. The molecule has 51 heavy (non-hydrogen) atoms. The van der Waals surface area contributed by atoms with Crippen molar-refractivity contribution in [3.63, 3.8) is 0 Å². The lowest BCUT2D eigenvalue weighted by Crippen LogP contribution is -2.20. The van der Waals surface area contributed by atoms with Gasteiger partial charge in [0, 0.05) is 12.8 Å². The van der Waals surface area contributed by atoms with E-state index in [9.17, 15) is 19.2 Å². The summed E-state index contributed by atoms with van der Waals surface area (Å²) in [7, 11) is 5.96. The maximum Gasteiger partial charge on any atom is 0.343 e. The van der Waals surface area contributed by atoms with Crippen LogP contribution in [0.4, 0.5) is 0 Å². The number of esters is 2. The summed E-state index contributed by atoms with van der Waals surface area (Å²) >= 11 is 0. The Morgan fingerprint density at radius 1 is 0.529 bits per heavy atom. The molecule has 4 aromatic carbocycles. The topological polar surface area (TPSA) is 172 Å². The van der Waals surface area contributed by atoms with Gasteiger partial charge in [0.05, 0.1) is 52.0 Å². The molecule has 0 bridgehead atoms. The molecule has 0 saturated heterocycles. The normalized spacial score (nSPS) is 10.7. The average molecular weight is 697 g/mol. The lowest BCUT2D eigenvalue weighted by Gasteiger charge is -2.09. The fourth-order valence-electron chi connectivity index (χ4n) is 4.38. The molecule has 0 aliphatic carbocycles. The predicted octanol–water partition coefficient (Wildman–Crippen LogP) is 4.93. The van der Waals surface area contributed by atoms with Crippen molar-refractivity contribution in [2.45, 2.75) is 19.3 Å². The summed E-state index contributed by atoms with van der Waals surface area (Å²) in [6.07, 6.45) is 3.30. The summed E-state index contributed by atoms with van der Waals surface area (Å²) in [5, 5.41) is 7.85. The minimum atomic E-state index is -0.565. The van der Waals surface area contributed by atoms with Crippen molar-refractivity contribution < 1.29 is 47.6 Å². The summed E-state index contributed by atoms with van der Waals surface area (Å²) in [5.74, 6) is 0.586. The summed E-state index contributed by atoms with van der Waals surface area (Å²) < 4.78 is 31.6. The van der Waals surface area contributed by atoms with Gasteiger partial charge in [-0.05, 0) is 102 Å². The second kappa shape index (κ2) is 18.7. The first-order valence-corrected chi connectivity index (χ1v) is 15.4. The van der Waals surface area contributed by atoms with Gasteiger partial charge in [-0.2, -0.15) is 10.2 Å². The van der Waals surface area contributed by atoms with Crippen LogP contribution in [0.3, 0.4) is 0 Å². The Morgan fingerprint density at radius 2 is 0.902 bits per heavy atom. The van der Waals surface area contributed by atoms with Crippen LogP contribution in [0.15, 0.2) is 95.1 Å². The molecule has 0 aliphatic heterocycles. The van der Waals surface area contributed by atoms with Gasteiger partial charge in [-0.1, -0.05) is 0 Å². The molecule has 0 fully saturated rings. The molecule has 4 aromatic rings. The molecule has 0 radical (unpaired) electrons. The van der Waals surface area contributed by atoms with E-state index in [2.05, 4.69) is 21.1 Å². The quantitative estimate of drug-likeness (QED) is 0.0708. The van der Waals surface area contributed by atoms with Crippen molar-refractivity contribution in [1.82, 2.24) is 10.9 Å². The molecule has 264 valence electrons. The molecule has 2 N–H and O–H groups in total. The Kier molecular flexibility index (Phi) is 13.6. The van der Waals surface area contributed by atoms with Crippen LogP contribution < -0.4 is 39.3 Å². The van der Waals surface area contributed by atoms with E-state index in [4.69, 9.17) is 28.4 Å². The third-order valence-corrected chi connectivity index (χ3v) is 7.03. The zero-order chi connectivity index (χ0) is 36.6. The molecule has 4 rings (SSSR count). The molecule has 0 aromatic heterocycles. The molecule has 0 unspecified atom stereocenters. The van der Waals surface area contributed by atoms with E-state index < -0.39 is 11.9 Å². The van der Waals surface area contributed by atoms with Crippen molar-refractivity contribution in [3.8, 4) is 34.5 Å². The van der Waals surface area contributed by atoms with Gasteiger partial charge in [-0.25, -0.2) is 20.4 Å². The molecular weight excluding hydrogens is 660 g/mol. The first-order chi connectivity index (χ1) is 24.7. The lowest BCUT2D eigenvalue weighted by molar-refractivity contribution is -0.122. The largest absolute Gasteiger partial charge is 0.493 e. The fourth-order valence-corrected chi connectivity index (χ4v) is 4.38. The van der Waals surface area contributed by atoms with Crippen LogP contribution in [0, 0.1) is 0 Å². The van der Waals surface area contributed by atoms with Crippen LogP contribution in [0.1, 0.15) is 51.1 Å². The second-order valence-electron chi connectivity index (χ2n) is 10.5. The minimum Gasteiger partial charge on any atom is -0.493 e. The smallest absolute Gasteiger partial charge is 0.343 e. The number of hydrogen-bond donors (Lipinski definition) is 2. The number of carbonyl (C=O) groups is 4. The van der Waals surface area contributed by atoms with Crippen LogP contribution in [0.25, 0.3) is 0 Å². The average Bonchev–Trinajstić information content (AvgIpc) is 3.15. The first kappa shape index (κ1) is 37.1. The number of nitrogens with one attached hydrogen (secondary N) is 2. The highest BCUT2D eigenvalue weighted by molar-refractivity contribution is 5.93. The van der Waals surface area contributed by atoms with Gasteiger partial charge in [0.2, 0.25) is 11.8 Å². The van der Waals surface area contributed by atoms with Crippen LogP contribution in [0.5, 0.6) is 34.5 Å². The monoisotopic (exact) mass is 696 g/mol. The maximum atomic E-state index is 12.5. The molecule has 0 saturated carbocycles. The molecule has 0 spiro atoms. The number of carbonyl (C=O) groups excluding carboxylic acids is 4. The van der Waals surface area contributed by atoms with Gasteiger partial charge >= 0.3 is 11.9 Å². The standard InChI is InChI=1S/C37H36N4O10/c1-46-30-18-12-26(20-32(30)48-3)36(44)50-28-14-8-24(9-15-28)22-38-40-34(42)6-5-7-35(43)41-39-23-25-10-16-29(17-11-25)51-37(45)27-13-19-31(47-2)33(21-27)49-4/h8-23H,5-7H2,1-4H3,(H,40,42)(H,41,43)/b38-22-,39-23+. The van der Waals surface area contributed by atoms with Crippen LogP contribution in [-0.4, -0.2) is 64.6 Å². The molecule has 0 atom stereocenters. The van der Waals surface area contributed by atoms with E-state index >= 15 is 0 Å². The third-order valence-electron chi connectivity index (χ3n) is 7.03. The van der Waals surface area contributed by atoms with Crippen LogP contribution in [0.2, 0.25) is 0 Å². The molecule has 0 heterocycles. The fraction of sp³-hybridized carbons (Fsp3) is 0.189. The molecule has 14 heteroatoms. The van der Waals surface area contributed by atoms with E-state index in [-0.39, 0.29) is 31.1 Å². The predicted molar refractivity (Wildman–Crippen MR) is 187 cm³/mol. The Labute approximate surface area is 294 Å². The number of amides is 2. The lowest BCUT2D eigenvalue weighted by atomic mass is 10.2. The Balaban J connectivity index is 1.13. The highest BCUT2D eigenvalue weighted by Gasteiger charge is 2.14. The number of hydrazone groups is 2. The van der Waals surface area contributed by atoms with Gasteiger partial charge in [-0.3, -0.25) is 9.59 Å². The highest BCUT2D eigenvalue weighted by Crippen LogP contribution is 2.29. The van der Waals surface area contributed by atoms with E-state index in [1.807, 2.05) is 0 Å².